The third-order valence-electron chi connectivity index (χ3n) is 9.76. The summed E-state index contributed by atoms with van der Waals surface area (Å²) >= 11 is 0. The lowest BCUT2D eigenvalue weighted by Crippen LogP contribution is -2.62. The van der Waals surface area contributed by atoms with Gasteiger partial charge in [0.15, 0.2) is 0 Å². The number of fused-ring (bicyclic) bond motifs is 1. The molecule has 1 aromatic carbocycles. The molecule has 5 amide bonds. The van der Waals surface area contributed by atoms with E-state index >= 15 is 0 Å². The van der Waals surface area contributed by atoms with Crippen LogP contribution in [0.1, 0.15) is 86.8 Å². The minimum absolute atomic E-state index is 0.0459. The molecule has 0 bridgehead atoms. The first-order chi connectivity index (χ1) is 22.9. The van der Waals surface area contributed by atoms with E-state index in [4.69, 9.17) is 4.74 Å². The number of carbonyl (C=O) groups excluding carboxylic acids is 6. The van der Waals surface area contributed by atoms with Crippen LogP contribution < -0.4 is 21.3 Å². The Morgan fingerprint density at radius 2 is 1.65 bits per heavy atom. The van der Waals surface area contributed by atoms with Gasteiger partial charge in [0.1, 0.15) is 24.2 Å². The molecular weight excluding hydrogens is 626 g/mol. The maximum atomic E-state index is 14.3. The lowest BCUT2D eigenvalue weighted by Gasteiger charge is -2.38. The van der Waals surface area contributed by atoms with Crippen molar-refractivity contribution in [2.75, 3.05) is 13.1 Å². The van der Waals surface area contributed by atoms with Gasteiger partial charge in [-0.05, 0) is 47.5 Å². The molecule has 7 atom stereocenters. The summed E-state index contributed by atoms with van der Waals surface area (Å²) in [4.78, 5) is 81.8. The predicted octanol–water partition coefficient (Wildman–Crippen LogP) is 3.67. The summed E-state index contributed by atoms with van der Waals surface area (Å²) in [6, 6.07) is 4.53. The molecule has 12 heteroatoms. The van der Waals surface area contributed by atoms with Gasteiger partial charge in [-0.15, -0.1) is 6.58 Å². The summed E-state index contributed by atoms with van der Waals surface area (Å²) in [5.41, 5.74) is -0.182. The van der Waals surface area contributed by atoms with E-state index in [-0.39, 0.29) is 36.1 Å². The van der Waals surface area contributed by atoms with E-state index in [1.165, 1.54) is 11.0 Å². The minimum atomic E-state index is -1.06. The van der Waals surface area contributed by atoms with E-state index in [1.807, 2.05) is 51.1 Å². The van der Waals surface area contributed by atoms with Gasteiger partial charge in [0.25, 0.3) is 5.91 Å². The number of piperidine rings is 1. The van der Waals surface area contributed by atoms with E-state index in [1.54, 1.807) is 41.5 Å². The number of amides is 5. The van der Waals surface area contributed by atoms with Crippen molar-refractivity contribution in [3.63, 3.8) is 0 Å². The molecule has 0 aromatic heterocycles. The SMILES string of the molecule is C=CCNC(=O)C(=O)C(CCC)NC(=O)[C@@H]1[C@@H]2[C@H](CN1C(=O)[C@@H](NC(=O)N[C@H](C(=O)O[C@H](C)c1ccccc1)C(C)C)C(C)(C)C)C2(C)C. The summed E-state index contributed by atoms with van der Waals surface area (Å²) < 4.78 is 5.68. The molecule has 0 spiro atoms. The second-order valence-electron chi connectivity index (χ2n) is 15.2. The largest absolute Gasteiger partial charge is 0.456 e. The highest BCUT2D eigenvalue weighted by atomic mass is 16.5. The van der Waals surface area contributed by atoms with E-state index in [9.17, 15) is 28.8 Å². The maximum absolute atomic E-state index is 14.3. The van der Waals surface area contributed by atoms with Gasteiger partial charge in [-0.2, -0.15) is 0 Å². The Bertz CT molecular complexity index is 1400. The predicted molar refractivity (Wildman–Crippen MR) is 186 cm³/mol. The molecule has 4 N–H and O–H groups in total. The molecular formula is C37H55N5O7. The zero-order valence-corrected chi connectivity index (χ0v) is 30.4. The summed E-state index contributed by atoms with van der Waals surface area (Å²) in [6.45, 7) is 20.6. The Morgan fingerprint density at radius 3 is 2.20 bits per heavy atom. The van der Waals surface area contributed by atoms with Crippen LogP contribution in [0.25, 0.3) is 0 Å². The highest BCUT2D eigenvalue weighted by Crippen LogP contribution is 2.65. The zero-order valence-electron chi connectivity index (χ0n) is 30.4. The van der Waals surface area contributed by atoms with Crippen LogP contribution in [0, 0.1) is 28.6 Å². The van der Waals surface area contributed by atoms with Crippen molar-refractivity contribution >= 4 is 35.5 Å². The van der Waals surface area contributed by atoms with Crippen molar-refractivity contribution in [3.8, 4) is 0 Å². The van der Waals surface area contributed by atoms with E-state index in [0.717, 1.165) is 5.56 Å². The first kappa shape index (κ1) is 39.2. The van der Waals surface area contributed by atoms with Crippen molar-refractivity contribution in [1.82, 2.24) is 26.2 Å². The highest BCUT2D eigenvalue weighted by molar-refractivity contribution is 6.38. The Morgan fingerprint density at radius 1 is 1.02 bits per heavy atom. The van der Waals surface area contributed by atoms with Crippen LogP contribution in [0.3, 0.4) is 0 Å². The molecule has 1 aliphatic heterocycles. The standard InChI is InChI=1S/C37H55N5O7/c1-11-16-25(29(43)32(45)38-19-12-2)39-31(44)28-26-24(37(26,9)10)20-42(28)33(46)30(36(6,7)8)41-35(48)40-27(21(3)4)34(47)49-22(5)23-17-14-13-15-18-23/h12-15,17-18,21-22,24-28,30H,2,11,16,19-20H2,1,3-10H3,(H,38,45)(H,39,44)(H2,40,41,48)/t22-,24+,25?,26+,27+,28+,30-/m1/s1. The molecule has 49 heavy (non-hydrogen) atoms. The van der Waals surface area contributed by atoms with Crippen molar-refractivity contribution in [1.29, 1.82) is 0 Å². The maximum Gasteiger partial charge on any atom is 0.329 e. The smallest absolute Gasteiger partial charge is 0.329 e. The molecule has 12 nitrogen and oxygen atoms in total. The van der Waals surface area contributed by atoms with Gasteiger partial charge in [-0.1, -0.05) is 98.2 Å². The molecule has 0 radical (unpaired) electrons. The molecule has 270 valence electrons. The summed E-state index contributed by atoms with van der Waals surface area (Å²) in [7, 11) is 0. The first-order valence-corrected chi connectivity index (χ1v) is 17.2. The summed E-state index contributed by atoms with van der Waals surface area (Å²) in [5, 5.41) is 10.7. The normalized spacial score (nSPS) is 21.7. The number of likely N-dealkylation sites (tertiary alicyclic amines) is 1. The Balaban J connectivity index is 1.79. The number of ether oxygens (including phenoxy) is 1. The van der Waals surface area contributed by atoms with Gasteiger partial charge in [0.2, 0.25) is 17.6 Å². The van der Waals surface area contributed by atoms with Gasteiger partial charge in [0.05, 0.1) is 6.04 Å². The molecule has 2 fully saturated rings. The molecule has 1 heterocycles. The Labute approximate surface area is 290 Å². The van der Waals surface area contributed by atoms with Crippen LogP contribution in [-0.4, -0.2) is 77.7 Å². The Kier molecular flexibility index (Phi) is 12.8. The molecule has 1 saturated heterocycles. The number of urea groups is 1. The fourth-order valence-corrected chi connectivity index (χ4v) is 6.70. The summed E-state index contributed by atoms with van der Waals surface area (Å²) in [5.74, 6) is -3.58. The van der Waals surface area contributed by atoms with E-state index < -0.39 is 71.2 Å². The van der Waals surface area contributed by atoms with Gasteiger partial charge in [-0.3, -0.25) is 19.2 Å². The fourth-order valence-electron chi connectivity index (χ4n) is 6.70. The number of nitrogens with one attached hydrogen (secondary N) is 4. The zero-order chi connectivity index (χ0) is 36.8. The molecule has 1 aromatic rings. The quantitative estimate of drug-likeness (QED) is 0.125. The molecule has 2 aliphatic rings. The number of esters is 1. The van der Waals surface area contributed by atoms with Crippen molar-refractivity contribution in [2.45, 2.75) is 105 Å². The second-order valence-corrected chi connectivity index (χ2v) is 15.2. The topological polar surface area (TPSA) is 163 Å². The lowest BCUT2D eigenvalue weighted by atomic mass is 9.85. The van der Waals surface area contributed by atoms with Crippen LogP contribution >= 0.6 is 0 Å². The van der Waals surface area contributed by atoms with Crippen molar-refractivity contribution in [3.05, 3.63) is 48.6 Å². The van der Waals surface area contributed by atoms with Crippen LogP contribution in [0.2, 0.25) is 0 Å². The summed E-state index contributed by atoms with van der Waals surface area (Å²) in [6.07, 6.45) is 1.71. The van der Waals surface area contributed by atoms with Gasteiger partial charge in [-0.25, -0.2) is 9.59 Å². The number of Topliss-reactive ketones (excluding diaryl/α,β-unsaturated/α-hetero) is 1. The fraction of sp³-hybridized carbons (Fsp3) is 0.622. The van der Waals surface area contributed by atoms with Crippen molar-refractivity contribution in [2.24, 2.45) is 28.6 Å². The van der Waals surface area contributed by atoms with E-state index in [0.29, 0.717) is 13.0 Å². The number of carbonyl (C=O) groups is 6. The van der Waals surface area contributed by atoms with E-state index in [2.05, 4.69) is 27.8 Å². The van der Waals surface area contributed by atoms with Crippen LogP contribution in [0.5, 0.6) is 0 Å². The molecule has 1 unspecified atom stereocenters. The van der Waals surface area contributed by atoms with Crippen LogP contribution in [0.4, 0.5) is 4.79 Å². The second kappa shape index (κ2) is 16.0. The number of hydrogen-bond donors (Lipinski definition) is 4. The highest BCUT2D eigenvalue weighted by Gasteiger charge is 2.70. The van der Waals surface area contributed by atoms with Crippen LogP contribution in [0.15, 0.2) is 43.0 Å². The van der Waals surface area contributed by atoms with Crippen LogP contribution in [-0.2, 0) is 28.7 Å². The molecule has 1 saturated carbocycles. The average molecular weight is 682 g/mol. The molecule has 1 aliphatic carbocycles. The average Bonchev–Trinajstić information content (AvgIpc) is 3.34. The third-order valence-corrected chi connectivity index (χ3v) is 9.76. The van der Waals surface area contributed by atoms with Gasteiger partial charge < -0.3 is 30.9 Å². The van der Waals surface area contributed by atoms with Gasteiger partial charge >= 0.3 is 12.0 Å². The monoisotopic (exact) mass is 681 g/mol. The number of ketones is 1. The number of benzene rings is 1. The van der Waals surface area contributed by atoms with Gasteiger partial charge in [0, 0.05) is 13.1 Å². The minimum Gasteiger partial charge on any atom is -0.456 e. The number of hydrogen-bond acceptors (Lipinski definition) is 7. The molecule has 3 rings (SSSR count). The third kappa shape index (κ3) is 9.27. The lowest BCUT2D eigenvalue weighted by molar-refractivity contribution is -0.152. The van der Waals surface area contributed by atoms with Crippen molar-refractivity contribution < 1.29 is 33.5 Å². The Hall–Kier alpha value is -4.22. The number of nitrogens with zero attached hydrogens (tertiary/aromatic N) is 1. The first-order valence-electron chi connectivity index (χ1n) is 17.2. The number of rotatable bonds is 15.